The third kappa shape index (κ3) is 3.35. The molecule has 0 fully saturated rings. The Hall–Kier alpha value is -3.02. The van der Waals surface area contributed by atoms with E-state index < -0.39 is 5.76 Å². The lowest BCUT2D eigenvalue weighted by molar-refractivity contribution is -0.118. The number of amides is 1. The summed E-state index contributed by atoms with van der Waals surface area (Å²) in [5.74, 6) is 0.0398. The molecular weight excluding hydrogens is 332 g/mol. The Bertz CT molecular complexity index is 983. The van der Waals surface area contributed by atoms with Gasteiger partial charge in [0.25, 0.3) is 0 Å². The van der Waals surface area contributed by atoms with Crippen molar-refractivity contribution in [1.29, 1.82) is 0 Å². The number of hydrogen-bond acceptors (Lipinski definition) is 4. The molecule has 0 saturated carbocycles. The molecule has 0 aliphatic heterocycles. The second-order valence-electron chi connectivity index (χ2n) is 6.59. The molecule has 0 saturated heterocycles. The summed E-state index contributed by atoms with van der Waals surface area (Å²) in [6, 6.07) is 12.7. The molecule has 0 aliphatic rings. The molecule has 1 heterocycles. The van der Waals surface area contributed by atoms with Crippen LogP contribution in [-0.4, -0.2) is 17.6 Å². The number of ether oxygens (including phenoxy) is 1. The van der Waals surface area contributed by atoms with E-state index in [9.17, 15) is 9.59 Å². The molecule has 136 valence electrons. The van der Waals surface area contributed by atoms with Crippen molar-refractivity contribution in [2.45, 2.75) is 19.8 Å². The van der Waals surface area contributed by atoms with Gasteiger partial charge in [0.2, 0.25) is 5.91 Å². The number of hydrogen-bond donors (Lipinski definition) is 1. The van der Waals surface area contributed by atoms with Crippen LogP contribution in [0.2, 0.25) is 0 Å². The smallest absolute Gasteiger partial charge is 0.419 e. The first-order chi connectivity index (χ1) is 12.4. The van der Waals surface area contributed by atoms with Gasteiger partial charge in [-0.25, -0.2) is 4.79 Å². The Morgan fingerprint density at radius 2 is 1.85 bits per heavy atom. The van der Waals surface area contributed by atoms with Crippen LogP contribution in [0.1, 0.15) is 25.3 Å². The molecule has 26 heavy (non-hydrogen) atoms. The number of aryl methyl sites for hydroxylation is 1. The van der Waals surface area contributed by atoms with Crippen LogP contribution in [0.5, 0.6) is 5.75 Å². The highest BCUT2D eigenvalue weighted by Gasteiger charge is 2.24. The summed E-state index contributed by atoms with van der Waals surface area (Å²) in [7, 11) is 3.25. The molecule has 0 spiro atoms. The molecule has 1 atom stereocenters. The lowest BCUT2D eigenvalue weighted by Crippen LogP contribution is -2.25. The van der Waals surface area contributed by atoms with Crippen LogP contribution in [0.4, 0.5) is 5.69 Å². The molecule has 6 heteroatoms. The standard InChI is InChI=1S/C20H22N2O4/c1-12(2)18(13-5-8-15(25-4)9-6-13)19(23)21-14-7-10-17-16(11-14)22(3)20(24)26-17/h5-12,18H,1-4H3,(H,21,23). The van der Waals surface area contributed by atoms with Crippen LogP contribution in [0.25, 0.3) is 11.1 Å². The normalized spacial score (nSPS) is 12.3. The predicted molar refractivity (Wildman–Crippen MR) is 101 cm³/mol. The van der Waals surface area contributed by atoms with Gasteiger partial charge in [-0.1, -0.05) is 26.0 Å². The van der Waals surface area contributed by atoms with Gasteiger partial charge in [0.1, 0.15) is 5.75 Å². The van der Waals surface area contributed by atoms with Crippen molar-refractivity contribution in [3.8, 4) is 5.75 Å². The minimum Gasteiger partial charge on any atom is -0.497 e. The second-order valence-corrected chi connectivity index (χ2v) is 6.59. The molecule has 1 unspecified atom stereocenters. The third-order valence-corrected chi connectivity index (χ3v) is 4.48. The van der Waals surface area contributed by atoms with E-state index in [4.69, 9.17) is 9.15 Å². The zero-order valence-electron chi connectivity index (χ0n) is 15.3. The second kappa shape index (κ2) is 7.07. The first-order valence-corrected chi connectivity index (χ1v) is 8.45. The van der Waals surface area contributed by atoms with Gasteiger partial charge in [0.15, 0.2) is 5.58 Å². The molecule has 3 aromatic rings. The fourth-order valence-electron chi connectivity index (χ4n) is 3.07. The van der Waals surface area contributed by atoms with E-state index in [0.717, 1.165) is 11.3 Å². The number of oxazole rings is 1. The van der Waals surface area contributed by atoms with Gasteiger partial charge in [-0.2, -0.15) is 0 Å². The van der Waals surface area contributed by atoms with Gasteiger partial charge in [0.05, 0.1) is 18.5 Å². The lowest BCUT2D eigenvalue weighted by Gasteiger charge is -2.21. The SMILES string of the molecule is COc1ccc(C(C(=O)Nc2ccc3oc(=O)n(C)c3c2)C(C)C)cc1. The molecule has 1 N–H and O–H groups in total. The summed E-state index contributed by atoms with van der Waals surface area (Å²) in [6.07, 6.45) is 0. The summed E-state index contributed by atoms with van der Waals surface area (Å²) in [4.78, 5) is 24.5. The maximum Gasteiger partial charge on any atom is 0.419 e. The highest BCUT2D eigenvalue weighted by atomic mass is 16.5. The molecule has 0 bridgehead atoms. The van der Waals surface area contributed by atoms with Crippen LogP contribution >= 0.6 is 0 Å². The lowest BCUT2D eigenvalue weighted by atomic mass is 9.87. The van der Waals surface area contributed by atoms with E-state index in [0.29, 0.717) is 16.8 Å². The third-order valence-electron chi connectivity index (χ3n) is 4.48. The van der Waals surface area contributed by atoms with E-state index in [1.165, 1.54) is 4.57 Å². The Morgan fingerprint density at radius 3 is 2.46 bits per heavy atom. The zero-order valence-corrected chi connectivity index (χ0v) is 15.3. The number of nitrogens with one attached hydrogen (secondary N) is 1. The van der Waals surface area contributed by atoms with Crippen LogP contribution in [-0.2, 0) is 11.8 Å². The van der Waals surface area contributed by atoms with Gasteiger partial charge >= 0.3 is 5.76 Å². The number of nitrogens with zero attached hydrogens (tertiary/aromatic N) is 1. The van der Waals surface area contributed by atoms with E-state index >= 15 is 0 Å². The number of benzene rings is 2. The van der Waals surface area contributed by atoms with E-state index in [1.807, 2.05) is 38.1 Å². The highest BCUT2D eigenvalue weighted by Crippen LogP contribution is 2.28. The minimum atomic E-state index is -0.429. The zero-order chi connectivity index (χ0) is 18.8. The minimum absolute atomic E-state index is 0.0991. The molecule has 3 rings (SSSR count). The van der Waals surface area contributed by atoms with Gasteiger partial charge in [-0.15, -0.1) is 0 Å². The molecule has 0 aliphatic carbocycles. The van der Waals surface area contributed by atoms with Crippen molar-refractivity contribution in [3.63, 3.8) is 0 Å². The summed E-state index contributed by atoms with van der Waals surface area (Å²) in [6.45, 7) is 4.02. The number of aromatic nitrogens is 1. The average molecular weight is 354 g/mol. The van der Waals surface area contributed by atoms with Crippen molar-refractivity contribution in [1.82, 2.24) is 4.57 Å². The van der Waals surface area contributed by atoms with Crippen molar-refractivity contribution in [3.05, 3.63) is 58.6 Å². The Balaban J connectivity index is 1.88. The Labute approximate surface area is 151 Å². The monoisotopic (exact) mass is 354 g/mol. The predicted octanol–water partition coefficient (Wildman–Crippen LogP) is 3.52. The number of fused-ring (bicyclic) bond motifs is 1. The number of carbonyl (C=O) groups is 1. The van der Waals surface area contributed by atoms with Crippen molar-refractivity contribution in [2.75, 3.05) is 12.4 Å². The maximum absolute atomic E-state index is 12.9. The Morgan fingerprint density at radius 1 is 1.15 bits per heavy atom. The quantitative estimate of drug-likeness (QED) is 0.761. The van der Waals surface area contributed by atoms with E-state index in [2.05, 4.69) is 5.32 Å². The van der Waals surface area contributed by atoms with Crippen molar-refractivity contribution < 1.29 is 13.9 Å². The summed E-state index contributed by atoms with van der Waals surface area (Å²) >= 11 is 0. The first kappa shape index (κ1) is 17.8. The van der Waals surface area contributed by atoms with Crippen molar-refractivity contribution in [2.24, 2.45) is 13.0 Å². The van der Waals surface area contributed by atoms with Gasteiger partial charge in [-0.3, -0.25) is 9.36 Å². The van der Waals surface area contributed by atoms with E-state index in [-0.39, 0.29) is 17.7 Å². The average Bonchev–Trinajstić information content (AvgIpc) is 2.90. The summed E-state index contributed by atoms with van der Waals surface area (Å²) in [5.41, 5.74) is 2.68. The molecule has 2 aromatic carbocycles. The number of rotatable bonds is 5. The largest absolute Gasteiger partial charge is 0.497 e. The van der Waals surface area contributed by atoms with Crippen LogP contribution in [0, 0.1) is 5.92 Å². The van der Waals surface area contributed by atoms with Crippen LogP contribution in [0.15, 0.2) is 51.7 Å². The van der Waals surface area contributed by atoms with Gasteiger partial charge in [0, 0.05) is 12.7 Å². The molecule has 1 aromatic heterocycles. The fourth-order valence-corrected chi connectivity index (χ4v) is 3.07. The highest BCUT2D eigenvalue weighted by molar-refractivity contribution is 5.97. The number of anilines is 1. The number of carbonyl (C=O) groups excluding carboxylic acids is 1. The molecule has 6 nitrogen and oxygen atoms in total. The Kier molecular flexibility index (Phi) is 4.84. The molecule has 1 amide bonds. The molecule has 0 radical (unpaired) electrons. The topological polar surface area (TPSA) is 73.5 Å². The first-order valence-electron chi connectivity index (χ1n) is 8.45. The number of methoxy groups -OCH3 is 1. The molecular formula is C20H22N2O4. The van der Waals surface area contributed by atoms with Crippen LogP contribution < -0.4 is 15.8 Å². The summed E-state index contributed by atoms with van der Waals surface area (Å²) < 4.78 is 11.7. The van der Waals surface area contributed by atoms with Gasteiger partial charge < -0.3 is 14.5 Å². The maximum atomic E-state index is 12.9. The fraction of sp³-hybridized carbons (Fsp3) is 0.300. The van der Waals surface area contributed by atoms with Gasteiger partial charge in [-0.05, 0) is 41.8 Å². The van der Waals surface area contributed by atoms with Crippen LogP contribution in [0.3, 0.4) is 0 Å². The summed E-state index contributed by atoms with van der Waals surface area (Å²) in [5, 5.41) is 2.95. The van der Waals surface area contributed by atoms with E-state index in [1.54, 1.807) is 32.4 Å². The van der Waals surface area contributed by atoms with Crippen molar-refractivity contribution >= 4 is 22.7 Å².